The van der Waals surface area contributed by atoms with Gasteiger partial charge < -0.3 is 20.1 Å². The van der Waals surface area contributed by atoms with Gasteiger partial charge in [-0.25, -0.2) is 14.5 Å². The number of benzene rings is 2. The highest BCUT2D eigenvalue weighted by molar-refractivity contribution is 9.11. The number of methoxy groups -OCH3 is 1. The van der Waals surface area contributed by atoms with E-state index in [0.29, 0.717) is 25.9 Å². The Morgan fingerprint density at radius 1 is 1.15 bits per heavy atom. The fourth-order valence-electron chi connectivity index (χ4n) is 2.94. The zero-order valence-electron chi connectivity index (χ0n) is 17.6. The molecule has 33 heavy (non-hydrogen) atoms. The van der Waals surface area contributed by atoms with E-state index in [0.717, 1.165) is 10.5 Å². The normalized spacial score (nSPS) is 14.3. The average Bonchev–Trinajstić information content (AvgIpc) is 3.00. The van der Waals surface area contributed by atoms with Crippen LogP contribution in [0.1, 0.15) is 11.1 Å². The number of nitrogens with zero attached hydrogens (tertiary/aromatic N) is 1. The van der Waals surface area contributed by atoms with Crippen LogP contribution >= 0.6 is 31.9 Å². The van der Waals surface area contributed by atoms with Crippen molar-refractivity contribution >= 4 is 67.4 Å². The van der Waals surface area contributed by atoms with Crippen LogP contribution in [0.2, 0.25) is 0 Å². The molecule has 1 aliphatic rings. The van der Waals surface area contributed by atoms with Gasteiger partial charge in [0.2, 0.25) is 5.91 Å². The van der Waals surface area contributed by atoms with Crippen LogP contribution in [-0.2, 0) is 19.1 Å². The van der Waals surface area contributed by atoms with Crippen LogP contribution in [0.25, 0.3) is 6.08 Å². The second-order valence-electron chi connectivity index (χ2n) is 6.98. The summed E-state index contributed by atoms with van der Waals surface area (Å²) >= 11 is 6.71. The zero-order valence-corrected chi connectivity index (χ0v) is 20.8. The monoisotopic (exact) mass is 579 g/mol. The van der Waals surface area contributed by atoms with Crippen molar-refractivity contribution in [3.63, 3.8) is 0 Å². The number of hydrogen-bond acceptors (Lipinski definition) is 6. The molecule has 0 aliphatic carbocycles. The lowest BCUT2D eigenvalue weighted by Gasteiger charge is -2.12. The van der Waals surface area contributed by atoms with Gasteiger partial charge in [0.1, 0.15) is 18.0 Å². The molecule has 1 heterocycles. The van der Waals surface area contributed by atoms with Gasteiger partial charge in [-0.15, -0.1) is 0 Å². The summed E-state index contributed by atoms with van der Waals surface area (Å²) < 4.78 is 11.0. The quantitative estimate of drug-likeness (QED) is 0.294. The number of halogens is 2. The maximum Gasteiger partial charge on any atom is 0.343 e. The lowest BCUT2D eigenvalue weighted by molar-refractivity contribution is -0.143. The molecular weight excluding hydrogens is 562 g/mol. The Bertz CT molecular complexity index is 1140. The van der Waals surface area contributed by atoms with Crippen LogP contribution in [0.15, 0.2) is 51.0 Å². The van der Waals surface area contributed by atoms with Gasteiger partial charge in [-0.2, -0.15) is 0 Å². The maximum atomic E-state index is 12.7. The summed E-state index contributed by atoms with van der Waals surface area (Å²) in [6, 6.07) is 9.79. The van der Waals surface area contributed by atoms with Crippen molar-refractivity contribution < 1.29 is 28.7 Å². The van der Waals surface area contributed by atoms with Gasteiger partial charge in [0.25, 0.3) is 5.91 Å². The standard InChI is InChI=1S/C22H19Br2N3O6/c1-12-4-3-5-14(6-12)25-18(28)10-27-21(30)17(26-22(27)31)9-13-7-15(23)20(16(24)8-13)33-11-19(29)32-2/h3-9H,10-11H2,1-2H3,(H,25,28)(H,26,31)/b17-9+. The second-order valence-corrected chi connectivity index (χ2v) is 8.68. The van der Waals surface area contributed by atoms with Crippen molar-refractivity contribution in [1.82, 2.24) is 10.2 Å². The fourth-order valence-corrected chi connectivity index (χ4v) is 4.39. The number of ether oxygens (including phenoxy) is 2. The number of carbonyl (C=O) groups is 4. The number of amides is 4. The van der Waals surface area contributed by atoms with E-state index in [1.54, 1.807) is 30.3 Å². The summed E-state index contributed by atoms with van der Waals surface area (Å²) in [5.74, 6) is -1.29. The molecule has 1 aliphatic heterocycles. The number of imide groups is 1. The van der Waals surface area contributed by atoms with E-state index in [1.165, 1.54) is 13.2 Å². The third kappa shape index (κ3) is 6.20. The second kappa shape index (κ2) is 10.6. The highest BCUT2D eigenvalue weighted by atomic mass is 79.9. The van der Waals surface area contributed by atoms with E-state index in [1.807, 2.05) is 13.0 Å². The molecule has 2 aromatic rings. The third-order valence-corrected chi connectivity index (χ3v) is 5.64. The van der Waals surface area contributed by atoms with Crippen molar-refractivity contribution in [2.24, 2.45) is 0 Å². The Kier molecular flexibility index (Phi) is 7.88. The van der Waals surface area contributed by atoms with Gasteiger partial charge in [-0.1, -0.05) is 12.1 Å². The number of urea groups is 1. The van der Waals surface area contributed by atoms with Gasteiger partial charge in [-0.05, 0) is 80.3 Å². The van der Waals surface area contributed by atoms with Gasteiger partial charge in [0, 0.05) is 5.69 Å². The number of aryl methyl sites for hydroxylation is 1. The largest absolute Gasteiger partial charge is 0.480 e. The van der Waals surface area contributed by atoms with E-state index in [-0.39, 0.29) is 12.3 Å². The van der Waals surface area contributed by atoms with Crippen LogP contribution in [0.5, 0.6) is 5.75 Å². The Morgan fingerprint density at radius 3 is 2.48 bits per heavy atom. The van der Waals surface area contributed by atoms with Gasteiger partial charge in [-0.3, -0.25) is 9.59 Å². The molecule has 0 atom stereocenters. The van der Waals surface area contributed by atoms with Gasteiger partial charge in [0.05, 0.1) is 16.1 Å². The van der Waals surface area contributed by atoms with Crippen molar-refractivity contribution in [2.75, 3.05) is 25.6 Å². The predicted octanol–water partition coefficient (Wildman–Crippen LogP) is 3.60. The summed E-state index contributed by atoms with van der Waals surface area (Å²) in [7, 11) is 1.26. The summed E-state index contributed by atoms with van der Waals surface area (Å²) in [6.07, 6.45) is 1.47. The third-order valence-electron chi connectivity index (χ3n) is 4.46. The molecule has 1 saturated heterocycles. The highest BCUT2D eigenvalue weighted by Gasteiger charge is 2.35. The minimum Gasteiger partial charge on any atom is -0.480 e. The number of anilines is 1. The predicted molar refractivity (Wildman–Crippen MR) is 127 cm³/mol. The molecule has 11 heteroatoms. The number of esters is 1. The minimum absolute atomic E-state index is 0.0189. The summed E-state index contributed by atoms with van der Waals surface area (Å²) in [5, 5.41) is 5.15. The fraction of sp³-hybridized carbons (Fsp3) is 0.182. The lowest BCUT2D eigenvalue weighted by Crippen LogP contribution is -2.38. The number of rotatable bonds is 7. The molecule has 0 spiro atoms. The summed E-state index contributed by atoms with van der Waals surface area (Å²) in [6.45, 7) is 1.19. The molecule has 1 fully saturated rings. The molecule has 2 N–H and O–H groups in total. The molecule has 9 nitrogen and oxygen atoms in total. The number of nitrogens with one attached hydrogen (secondary N) is 2. The molecule has 4 amide bonds. The molecule has 0 radical (unpaired) electrons. The molecule has 0 aromatic heterocycles. The van der Waals surface area contributed by atoms with Crippen LogP contribution in [0.3, 0.4) is 0 Å². The number of carbonyl (C=O) groups excluding carboxylic acids is 4. The zero-order chi connectivity index (χ0) is 24.1. The van der Waals surface area contributed by atoms with Crippen molar-refractivity contribution in [3.8, 4) is 5.75 Å². The van der Waals surface area contributed by atoms with Crippen LogP contribution in [0.4, 0.5) is 10.5 Å². The first-order valence-electron chi connectivity index (χ1n) is 9.57. The van der Waals surface area contributed by atoms with E-state index >= 15 is 0 Å². The molecule has 0 unspecified atom stereocenters. The minimum atomic E-state index is -0.693. The summed E-state index contributed by atoms with van der Waals surface area (Å²) in [4.78, 5) is 49.4. The van der Waals surface area contributed by atoms with E-state index in [9.17, 15) is 19.2 Å². The Labute approximate surface area is 206 Å². The smallest absolute Gasteiger partial charge is 0.343 e. The van der Waals surface area contributed by atoms with Crippen LogP contribution in [-0.4, -0.2) is 49.0 Å². The first kappa shape index (κ1) is 24.5. The van der Waals surface area contributed by atoms with E-state index < -0.39 is 30.4 Å². The Hall–Kier alpha value is -3.18. The van der Waals surface area contributed by atoms with Gasteiger partial charge >= 0.3 is 12.0 Å². The first-order valence-corrected chi connectivity index (χ1v) is 11.2. The average molecular weight is 581 g/mol. The number of hydrogen-bond donors (Lipinski definition) is 2. The van der Waals surface area contributed by atoms with Crippen molar-refractivity contribution in [3.05, 3.63) is 62.2 Å². The molecular formula is C22H19Br2N3O6. The lowest BCUT2D eigenvalue weighted by atomic mass is 10.2. The first-order chi connectivity index (χ1) is 15.7. The van der Waals surface area contributed by atoms with E-state index in [2.05, 4.69) is 47.2 Å². The van der Waals surface area contributed by atoms with Crippen LogP contribution in [0, 0.1) is 6.92 Å². The highest BCUT2D eigenvalue weighted by Crippen LogP contribution is 2.35. The molecule has 3 rings (SSSR count). The summed E-state index contributed by atoms with van der Waals surface area (Å²) in [5.41, 5.74) is 2.12. The maximum absolute atomic E-state index is 12.7. The van der Waals surface area contributed by atoms with E-state index in [4.69, 9.17) is 4.74 Å². The molecule has 0 bridgehead atoms. The topological polar surface area (TPSA) is 114 Å². The van der Waals surface area contributed by atoms with Gasteiger partial charge in [0.15, 0.2) is 6.61 Å². The molecule has 172 valence electrons. The Balaban J connectivity index is 1.71. The van der Waals surface area contributed by atoms with Crippen LogP contribution < -0.4 is 15.4 Å². The van der Waals surface area contributed by atoms with Crippen molar-refractivity contribution in [2.45, 2.75) is 6.92 Å². The molecule has 0 saturated carbocycles. The SMILES string of the molecule is COC(=O)COc1c(Br)cc(/C=C2/NC(=O)N(CC(=O)Nc3cccc(C)c3)C2=O)cc1Br. The Morgan fingerprint density at radius 2 is 1.85 bits per heavy atom. The van der Waals surface area contributed by atoms with Crippen molar-refractivity contribution in [1.29, 1.82) is 0 Å². The molecule has 2 aromatic carbocycles.